The van der Waals surface area contributed by atoms with Crippen molar-refractivity contribution < 1.29 is 0 Å². The largest absolute Gasteiger partial charge is 0.355 e. The number of hydrogen-bond donors (Lipinski definition) is 1. The molecule has 180 valence electrons. The standard InChI is InChI=1S/C36H31N/c1-3-25-12-5-7-15-30(25)34-24-29(23-22-26(34)4-2)37-35-19-10-9-17-32(35)33-18-11-14-28-21-20-27-13-6-8-16-31(27)36(28)33/h5-24,37H,3-4H2,1-2H3. The summed E-state index contributed by atoms with van der Waals surface area (Å²) < 4.78 is 0. The van der Waals surface area contributed by atoms with E-state index < -0.39 is 0 Å². The van der Waals surface area contributed by atoms with Crippen LogP contribution in [0.5, 0.6) is 0 Å². The van der Waals surface area contributed by atoms with Gasteiger partial charge >= 0.3 is 0 Å². The van der Waals surface area contributed by atoms with Crippen molar-refractivity contribution >= 4 is 32.9 Å². The van der Waals surface area contributed by atoms with Gasteiger partial charge in [0.1, 0.15) is 0 Å². The van der Waals surface area contributed by atoms with Gasteiger partial charge in [-0.15, -0.1) is 0 Å². The molecule has 0 aliphatic rings. The number of anilines is 2. The van der Waals surface area contributed by atoms with Crippen LogP contribution in [0.4, 0.5) is 11.4 Å². The fraction of sp³-hybridized carbons (Fsp3) is 0.111. The summed E-state index contributed by atoms with van der Waals surface area (Å²) in [4.78, 5) is 0. The van der Waals surface area contributed by atoms with E-state index in [2.05, 4.69) is 140 Å². The average Bonchev–Trinajstić information content (AvgIpc) is 2.97. The van der Waals surface area contributed by atoms with E-state index in [0.717, 1.165) is 24.2 Å². The first-order valence-electron chi connectivity index (χ1n) is 13.2. The van der Waals surface area contributed by atoms with Crippen molar-refractivity contribution in [2.45, 2.75) is 26.7 Å². The van der Waals surface area contributed by atoms with E-state index in [9.17, 15) is 0 Å². The summed E-state index contributed by atoms with van der Waals surface area (Å²) in [7, 11) is 0. The monoisotopic (exact) mass is 477 g/mol. The maximum Gasteiger partial charge on any atom is 0.0464 e. The molecule has 0 bridgehead atoms. The summed E-state index contributed by atoms with van der Waals surface area (Å²) in [6.45, 7) is 4.47. The number of hydrogen-bond acceptors (Lipinski definition) is 1. The Morgan fingerprint density at radius 2 is 1.14 bits per heavy atom. The molecular weight excluding hydrogens is 446 g/mol. The Kier molecular flexibility index (Phi) is 6.20. The summed E-state index contributed by atoms with van der Waals surface area (Å²) in [5.41, 5.74) is 10.1. The van der Waals surface area contributed by atoms with Crippen molar-refractivity contribution in [3.05, 3.63) is 132 Å². The highest BCUT2D eigenvalue weighted by Crippen LogP contribution is 2.39. The van der Waals surface area contributed by atoms with Crippen LogP contribution < -0.4 is 5.32 Å². The molecule has 1 N–H and O–H groups in total. The van der Waals surface area contributed by atoms with Crippen LogP contribution in [0, 0.1) is 0 Å². The summed E-state index contributed by atoms with van der Waals surface area (Å²) in [5.74, 6) is 0. The average molecular weight is 478 g/mol. The number of benzene rings is 6. The lowest BCUT2D eigenvalue weighted by Gasteiger charge is -2.18. The van der Waals surface area contributed by atoms with Crippen molar-refractivity contribution in [3.63, 3.8) is 0 Å². The van der Waals surface area contributed by atoms with Crippen LogP contribution in [0.1, 0.15) is 25.0 Å². The van der Waals surface area contributed by atoms with Crippen LogP contribution in [0.25, 0.3) is 43.8 Å². The lowest BCUT2D eigenvalue weighted by Crippen LogP contribution is -1.97. The van der Waals surface area contributed by atoms with Crippen molar-refractivity contribution in [2.24, 2.45) is 0 Å². The molecular formula is C36H31N. The Labute approximate surface area is 219 Å². The van der Waals surface area contributed by atoms with Crippen molar-refractivity contribution in [3.8, 4) is 22.3 Å². The fourth-order valence-corrected chi connectivity index (χ4v) is 5.57. The quantitative estimate of drug-likeness (QED) is 0.235. The van der Waals surface area contributed by atoms with Crippen LogP contribution in [0.2, 0.25) is 0 Å². The second kappa shape index (κ2) is 9.95. The van der Waals surface area contributed by atoms with Gasteiger partial charge in [-0.05, 0) is 80.4 Å². The van der Waals surface area contributed by atoms with Gasteiger partial charge in [-0.2, -0.15) is 0 Å². The van der Waals surface area contributed by atoms with Crippen LogP contribution >= 0.6 is 0 Å². The van der Waals surface area contributed by atoms with Gasteiger partial charge in [0.15, 0.2) is 0 Å². The van der Waals surface area contributed by atoms with Crippen molar-refractivity contribution in [1.29, 1.82) is 0 Å². The van der Waals surface area contributed by atoms with E-state index in [-0.39, 0.29) is 0 Å². The first-order chi connectivity index (χ1) is 18.3. The molecule has 0 radical (unpaired) electrons. The van der Waals surface area contributed by atoms with Crippen LogP contribution in [-0.2, 0) is 12.8 Å². The second-order valence-electron chi connectivity index (χ2n) is 9.60. The van der Waals surface area contributed by atoms with E-state index in [1.165, 1.54) is 54.9 Å². The first-order valence-corrected chi connectivity index (χ1v) is 13.2. The molecule has 0 spiro atoms. The molecule has 1 nitrogen and oxygen atoms in total. The zero-order valence-electron chi connectivity index (χ0n) is 21.5. The third kappa shape index (κ3) is 4.27. The highest BCUT2D eigenvalue weighted by molar-refractivity contribution is 6.15. The predicted molar refractivity (Wildman–Crippen MR) is 161 cm³/mol. The second-order valence-corrected chi connectivity index (χ2v) is 9.60. The van der Waals surface area contributed by atoms with Crippen LogP contribution in [0.15, 0.2) is 121 Å². The van der Waals surface area contributed by atoms with Gasteiger partial charge in [0, 0.05) is 16.9 Å². The van der Waals surface area contributed by atoms with Gasteiger partial charge in [-0.25, -0.2) is 0 Å². The maximum atomic E-state index is 3.78. The van der Waals surface area contributed by atoms with Crippen molar-refractivity contribution in [2.75, 3.05) is 5.32 Å². The Morgan fingerprint density at radius 1 is 0.486 bits per heavy atom. The minimum absolute atomic E-state index is 1.01. The third-order valence-electron chi connectivity index (χ3n) is 7.44. The van der Waals surface area contributed by atoms with E-state index >= 15 is 0 Å². The molecule has 1 heteroatoms. The fourth-order valence-electron chi connectivity index (χ4n) is 5.57. The molecule has 0 aromatic heterocycles. The summed E-state index contributed by atoms with van der Waals surface area (Å²) >= 11 is 0. The molecule has 0 aliphatic carbocycles. The van der Waals surface area contributed by atoms with Gasteiger partial charge < -0.3 is 5.32 Å². The zero-order chi connectivity index (χ0) is 25.2. The summed E-state index contributed by atoms with van der Waals surface area (Å²) in [6, 6.07) is 44.0. The topological polar surface area (TPSA) is 12.0 Å². The highest BCUT2D eigenvalue weighted by atomic mass is 14.9. The lowest BCUT2D eigenvalue weighted by atomic mass is 9.92. The smallest absolute Gasteiger partial charge is 0.0464 e. The third-order valence-corrected chi connectivity index (χ3v) is 7.44. The SMILES string of the molecule is CCc1ccccc1-c1cc(Nc2ccccc2-c2cccc3ccc4ccccc4c23)ccc1CC. The number of fused-ring (bicyclic) bond motifs is 3. The Hall–Kier alpha value is -4.36. The molecule has 0 heterocycles. The molecule has 6 rings (SSSR count). The first kappa shape index (κ1) is 23.1. The molecule has 0 saturated heterocycles. The van der Waals surface area contributed by atoms with Gasteiger partial charge in [0.05, 0.1) is 0 Å². The summed E-state index contributed by atoms with van der Waals surface area (Å²) in [5, 5.41) is 8.90. The minimum atomic E-state index is 1.01. The normalized spacial score (nSPS) is 11.2. The predicted octanol–water partition coefficient (Wildman–Crippen LogP) is 10.2. The molecule has 0 unspecified atom stereocenters. The zero-order valence-corrected chi connectivity index (χ0v) is 21.5. The molecule has 0 amide bonds. The molecule has 0 atom stereocenters. The molecule has 37 heavy (non-hydrogen) atoms. The number of nitrogens with one attached hydrogen (secondary N) is 1. The van der Waals surface area contributed by atoms with E-state index in [1.54, 1.807) is 0 Å². The Bertz CT molecular complexity index is 1730. The molecule has 0 aliphatic heterocycles. The van der Waals surface area contributed by atoms with Gasteiger partial charge in [0.2, 0.25) is 0 Å². The van der Waals surface area contributed by atoms with E-state index in [0.29, 0.717) is 0 Å². The Balaban J connectivity index is 1.48. The minimum Gasteiger partial charge on any atom is -0.355 e. The van der Waals surface area contributed by atoms with Crippen molar-refractivity contribution in [1.82, 2.24) is 0 Å². The molecule has 0 fully saturated rings. The van der Waals surface area contributed by atoms with Gasteiger partial charge in [0.25, 0.3) is 0 Å². The van der Waals surface area contributed by atoms with E-state index in [1.807, 2.05) is 0 Å². The maximum absolute atomic E-state index is 3.78. The Morgan fingerprint density at radius 3 is 2.00 bits per heavy atom. The van der Waals surface area contributed by atoms with Gasteiger partial charge in [-0.1, -0.05) is 117 Å². The molecule has 0 saturated carbocycles. The molecule has 6 aromatic carbocycles. The number of aryl methyl sites for hydroxylation is 2. The van der Waals surface area contributed by atoms with Crippen LogP contribution in [0.3, 0.4) is 0 Å². The van der Waals surface area contributed by atoms with Crippen LogP contribution in [-0.4, -0.2) is 0 Å². The number of rotatable bonds is 6. The van der Waals surface area contributed by atoms with E-state index in [4.69, 9.17) is 0 Å². The summed E-state index contributed by atoms with van der Waals surface area (Å²) in [6.07, 6.45) is 2.03. The highest BCUT2D eigenvalue weighted by Gasteiger charge is 2.13. The number of para-hydroxylation sites is 1. The lowest BCUT2D eigenvalue weighted by molar-refractivity contribution is 1.12. The molecule has 6 aromatic rings. The van der Waals surface area contributed by atoms with Gasteiger partial charge in [-0.3, -0.25) is 0 Å².